The van der Waals surface area contributed by atoms with Gasteiger partial charge in [-0.3, -0.25) is 0 Å². The minimum Gasteiger partial charge on any atom is -0.497 e. The van der Waals surface area contributed by atoms with Crippen molar-refractivity contribution in [2.24, 2.45) is 5.41 Å². The molecule has 0 saturated carbocycles. The Labute approximate surface area is 113 Å². The van der Waals surface area contributed by atoms with E-state index in [2.05, 4.69) is 48.1 Å². The Balaban J connectivity index is 2.93. The van der Waals surface area contributed by atoms with Gasteiger partial charge in [0.05, 0.1) is 7.11 Å². The molecule has 0 aliphatic heterocycles. The Morgan fingerprint density at radius 2 is 2.00 bits per heavy atom. The minimum absolute atomic E-state index is 0.233. The number of hydrogen-bond donors (Lipinski definition) is 1. The number of halogens is 1. The normalized spacial score (nSPS) is 13.5. The second-order valence-electron chi connectivity index (χ2n) is 5.37. The third-order valence-electron chi connectivity index (χ3n) is 3.07. The molecule has 0 radical (unpaired) electrons. The lowest BCUT2D eigenvalue weighted by atomic mass is 9.83. The Morgan fingerprint density at radius 1 is 1.35 bits per heavy atom. The topological polar surface area (TPSA) is 21.3 Å². The molecule has 2 nitrogen and oxygen atoms in total. The van der Waals surface area contributed by atoms with E-state index in [0.29, 0.717) is 6.04 Å². The summed E-state index contributed by atoms with van der Waals surface area (Å²) >= 11 is 3.60. The van der Waals surface area contributed by atoms with E-state index in [9.17, 15) is 0 Å². The molecule has 1 aromatic rings. The van der Waals surface area contributed by atoms with Crippen LogP contribution in [0.15, 0.2) is 22.7 Å². The molecule has 1 aromatic carbocycles. The van der Waals surface area contributed by atoms with Crippen molar-refractivity contribution in [1.82, 2.24) is 5.32 Å². The molecule has 17 heavy (non-hydrogen) atoms. The number of nitrogens with one attached hydrogen (secondary N) is 1. The number of hydrogen-bond acceptors (Lipinski definition) is 2. The van der Waals surface area contributed by atoms with Crippen LogP contribution in [0.5, 0.6) is 5.75 Å². The summed E-state index contributed by atoms with van der Waals surface area (Å²) in [5, 5.41) is 3.39. The molecule has 3 heteroatoms. The van der Waals surface area contributed by atoms with E-state index in [1.165, 1.54) is 5.56 Å². The van der Waals surface area contributed by atoms with Gasteiger partial charge in [0.2, 0.25) is 0 Å². The van der Waals surface area contributed by atoms with Crippen molar-refractivity contribution in [2.75, 3.05) is 14.2 Å². The van der Waals surface area contributed by atoms with Crippen molar-refractivity contribution in [2.45, 2.75) is 33.2 Å². The summed E-state index contributed by atoms with van der Waals surface area (Å²) in [4.78, 5) is 0. The van der Waals surface area contributed by atoms with E-state index in [1.54, 1.807) is 7.11 Å². The zero-order valence-electron chi connectivity index (χ0n) is 11.3. The Morgan fingerprint density at radius 3 is 2.47 bits per heavy atom. The van der Waals surface area contributed by atoms with E-state index < -0.39 is 0 Å². The molecule has 0 heterocycles. The first kappa shape index (κ1) is 14.5. The average molecular weight is 300 g/mol. The molecule has 1 unspecified atom stereocenters. The van der Waals surface area contributed by atoms with Gasteiger partial charge in [0, 0.05) is 10.5 Å². The molecule has 0 fully saturated rings. The molecule has 0 spiro atoms. The van der Waals surface area contributed by atoms with Gasteiger partial charge in [-0.2, -0.15) is 0 Å². The molecule has 1 atom stereocenters. The summed E-state index contributed by atoms with van der Waals surface area (Å²) in [6.45, 7) is 6.76. The number of benzene rings is 1. The standard InChI is InChI=1S/C14H22BrNO/c1-14(2,3)13(16-4)9-10-8-11(17-5)6-7-12(10)15/h6-8,13,16H,9H2,1-5H3. The Hall–Kier alpha value is -0.540. The van der Waals surface area contributed by atoms with E-state index in [4.69, 9.17) is 4.74 Å². The molecule has 96 valence electrons. The van der Waals surface area contributed by atoms with Crippen molar-refractivity contribution in [3.8, 4) is 5.75 Å². The molecule has 0 aliphatic rings. The van der Waals surface area contributed by atoms with Crippen molar-refractivity contribution >= 4 is 15.9 Å². The van der Waals surface area contributed by atoms with Crippen LogP contribution in [0.4, 0.5) is 0 Å². The Bertz CT molecular complexity index is 371. The van der Waals surface area contributed by atoms with Crippen LogP contribution in [0.1, 0.15) is 26.3 Å². The van der Waals surface area contributed by atoms with Crippen LogP contribution < -0.4 is 10.1 Å². The van der Waals surface area contributed by atoms with Gasteiger partial charge in [0.1, 0.15) is 5.75 Å². The highest BCUT2D eigenvalue weighted by Crippen LogP contribution is 2.28. The molecule has 0 aromatic heterocycles. The highest BCUT2D eigenvalue weighted by atomic mass is 79.9. The van der Waals surface area contributed by atoms with Crippen LogP contribution in [-0.2, 0) is 6.42 Å². The number of ether oxygens (including phenoxy) is 1. The molecule has 0 aliphatic carbocycles. The average Bonchev–Trinajstić information content (AvgIpc) is 2.26. The van der Waals surface area contributed by atoms with E-state index in [1.807, 2.05) is 19.2 Å². The van der Waals surface area contributed by atoms with Gasteiger partial charge in [-0.05, 0) is 42.6 Å². The first-order valence-electron chi connectivity index (χ1n) is 5.88. The van der Waals surface area contributed by atoms with Gasteiger partial charge in [-0.15, -0.1) is 0 Å². The maximum absolute atomic E-state index is 5.27. The third kappa shape index (κ3) is 4.00. The molecular formula is C14H22BrNO. The SMILES string of the molecule is CNC(Cc1cc(OC)ccc1Br)C(C)(C)C. The van der Waals surface area contributed by atoms with Crippen LogP contribution >= 0.6 is 15.9 Å². The van der Waals surface area contributed by atoms with Gasteiger partial charge in [0.25, 0.3) is 0 Å². The number of methoxy groups -OCH3 is 1. The highest BCUT2D eigenvalue weighted by Gasteiger charge is 2.23. The van der Waals surface area contributed by atoms with Gasteiger partial charge < -0.3 is 10.1 Å². The van der Waals surface area contributed by atoms with Gasteiger partial charge >= 0.3 is 0 Å². The summed E-state index contributed by atoms with van der Waals surface area (Å²) in [6, 6.07) is 6.55. The first-order chi connectivity index (χ1) is 7.88. The van der Waals surface area contributed by atoms with Gasteiger partial charge in [0.15, 0.2) is 0 Å². The number of rotatable bonds is 4. The Kier molecular flexibility index (Phi) is 5.02. The predicted molar refractivity (Wildman–Crippen MR) is 76.7 cm³/mol. The lowest BCUT2D eigenvalue weighted by molar-refractivity contribution is 0.279. The fourth-order valence-electron chi connectivity index (χ4n) is 1.90. The molecule has 1 N–H and O–H groups in total. The summed E-state index contributed by atoms with van der Waals surface area (Å²) < 4.78 is 6.41. The predicted octanol–water partition coefficient (Wildman–Crippen LogP) is 3.63. The lowest BCUT2D eigenvalue weighted by Crippen LogP contribution is -2.39. The maximum Gasteiger partial charge on any atom is 0.119 e. The van der Waals surface area contributed by atoms with Gasteiger partial charge in [-0.25, -0.2) is 0 Å². The van der Waals surface area contributed by atoms with E-state index >= 15 is 0 Å². The summed E-state index contributed by atoms with van der Waals surface area (Å²) in [5.41, 5.74) is 1.51. The largest absolute Gasteiger partial charge is 0.497 e. The maximum atomic E-state index is 5.27. The van der Waals surface area contributed by atoms with Crippen molar-refractivity contribution < 1.29 is 4.74 Å². The highest BCUT2D eigenvalue weighted by molar-refractivity contribution is 9.10. The van der Waals surface area contributed by atoms with Crippen LogP contribution in [0.2, 0.25) is 0 Å². The second-order valence-corrected chi connectivity index (χ2v) is 6.22. The van der Waals surface area contributed by atoms with E-state index in [0.717, 1.165) is 16.6 Å². The summed E-state index contributed by atoms with van der Waals surface area (Å²) in [6.07, 6.45) is 0.984. The molecule has 1 rings (SSSR count). The van der Waals surface area contributed by atoms with Crippen molar-refractivity contribution in [3.63, 3.8) is 0 Å². The van der Waals surface area contributed by atoms with Crippen molar-refractivity contribution in [3.05, 3.63) is 28.2 Å². The molecule has 0 amide bonds. The molecule has 0 saturated heterocycles. The van der Waals surface area contributed by atoms with Crippen LogP contribution in [0.3, 0.4) is 0 Å². The zero-order valence-corrected chi connectivity index (χ0v) is 12.9. The molecular weight excluding hydrogens is 278 g/mol. The van der Waals surface area contributed by atoms with Crippen LogP contribution in [0, 0.1) is 5.41 Å². The zero-order chi connectivity index (χ0) is 13.1. The quantitative estimate of drug-likeness (QED) is 0.916. The second kappa shape index (κ2) is 5.87. The smallest absolute Gasteiger partial charge is 0.119 e. The monoisotopic (exact) mass is 299 g/mol. The summed E-state index contributed by atoms with van der Waals surface area (Å²) in [7, 11) is 3.72. The number of likely N-dealkylation sites (N-methyl/N-ethyl adjacent to an activating group) is 1. The third-order valence-corrected chi connectivity index (χ3v) is 3.84. The van der Waals surface area contributed by atoms with Gasteiger partial charge in [-0.1, -0.05) is 36.7 Å². The fraction of sp³-hybridized carbons (Fsp3) is 0.571. The van der Waals surface area contributed by atoms with Crippen LogP contribution in [-0.4, -0.2) is 20.2 Å². The fourth-order valence-corrected chi connectivity index (χ4v) is 2.30. The van der Waals surface area contributed by atoms with Crippen LogP contribution in [0.25, 0.3) is 0 Å². The lowest BCUT2D eigenvalue weighted by Gasteiger charge is -2.31. The minimum atomic E-state index is 0.233. The van der Waals surface area contributed by atoms with E-state index in [-0.39, 0.29) is 5.41 Å². The van der Waals surface area contributed by atoms with Crippen molar-refractivity contribution in [1.29, 1.82) is 0 Å². The summed E-state index contributed by atoms with van der Waals surface area (Å²) in [5.74, 6) is 0.909. The molecule has 0 bridgehead atoms. The first-order valence-corrected chi connectivity index (χ1v) is 6.67.